The van der Waals surface area contributed by atoms with Crippen LogP contribution in [-0.2, 0) is 11.3 Å². The van der Waals surface area contributed by atoms with Gasteiger partial charge in [-0.15, -0.1) is 10.2 Å². The first-order valence-electron chi connectivity index (χ1n) is 10.1. The fourth-order valence-corrected chi connectivity index (χ4v) is 4.30. The number of fused-ring (bicyclic) bond motifs is 3. The average Bonchev–Trinajstić information content (AvgIpc) is 3.03. The lowest BCUT2D eigenvalue weighted by Gasteiger charge is -2.13. The molecule has 1 unspecified atom stereocenters. The van der Waals surface area contributed by atoms with E-state index in [1.54, 1.807) is 0 Å². The molecule has 2 aromatic carbocycles. The zero-order chi connectivity index (χ0) is 21.3. The Bertz CT molecular complexity index is 1230. The lowest BCUT2D eigenvalue weighted by molar-refractivity contribution is -0.115. The van der Waals surface area contributed by atoms with Gasteiger partial charge in [0.15, 0.2) is 5.65 Å². The van der Waals surface area contributed by atoms with E-state index in [0.717, 1.165) is 46.3 Å². The molecule has 2 heterocycles. The number of nitrogens with one attached hydrogen (secondary N) is 1. The number of hydrogen-bond acceptors (Lipinski definition) is 5. The van der Waals surface area contributed by atoms with Crippen LogP contribution in [0.2, 0.25) is 0 Å². The van der Waals surface area contributed by atoms with Gasteiger partial charge in [0.25, 0.3) is 0 Å². The molecule has 4 rings (SSSR count). The molecule has 0 bridgehead atoms. The summed E-state index contributed by atoms with van der Waals surface area (Å²) in [6, 6.07) is 14.1. The summed E-state index contributed by atoms with van der Waals surface area (Å²) in [5.41, 5.74) is 5.77. The smallest absolute Gasteiger partial charge is 0.237 e. The first-order chi connectivity index (χ1) is 14.5. The molecule has 1 N–H and O–H groups in total. The number of amides is 1. The van der Waals surface area contributed by atoms with Crippen LogP contribution in [0.5, 0.6) is 0 Å². The standard InChI is InChI=1S/C23H25N5OS/c1-5-12-28-19-9-7-6-8-17(19)20-21(28)25-23(27-26-20)30-16(4)22(29)24-18-11-10-14(2)13-15(18)3/h6-11,13,16H,5,12H2,1-4H3,(H,24,29). The normalized spacial score (nSPS) is 12.4. The number of nitrogens with zero attached hydrogens (tertiary/aromatic N) is 4. The monoisotopic (exact) mass is 419 g/mol. The van der Waals surface area contributed by atoms with E-state index in [0.29, 0.717) is 5.16 Å². The number of anilines is 1. The van der Waals surface area contributed by atoms with Crippen LogP contribution in [0.15, 0.2) is 47.6 Å². The fraction of sp³-hybridized carbons (Fsp3) is 0.304. The lowest BCUT2D eigenvalue weighted by Crippen LogP contribution is -2.23. The van der Waals surface area contributed by atoms with Gasteiger partial charge in [-0.3, -0.25) is 4.79 Å². The second-order valence-electron chi connectivity index (χ2n) is 7.50. The van der Waals surface area contributed by atoms with Crippen molar-refractivity contribution in [2.45, 2.75) is 51.1 Å². The van der Waals surface area contributed by atoms with Crippen LogP contribution < -0.4 is 5.32 Å². The van der Waals surface area contributed by atoms with Gasteiger partial charge in [-0.25, -0.2) is 4.98 Å². The second-order valence-corrected chi connectivity index (χ2v) is 8.81. The number of carbonyl (C=O) groups is 1. The van der Waals surface area contributed by atoms with E-state index >= 15 is 0 Å². The molecular weight excluding hydrogens is 394 g/mol. The predicted molar refractivity (Wildman–Crippen MR) is 123 cm³/mol. The van der Waals surface area contributed by atoms with Crippen molar-refractivity contribution in [1.82, 2.24) is 19.7 Å². The van der Waals surface area contributed by atoms with Gasteiger partial charge in [0.1, 0.15) is 5.52 Å². The maximum absolute atomic E-state index is 12.7. The molecule has 0 aliphatic heterocycles. The molecule has 0 aliphatic carbocycles. The average molecular weight is 420 g/mol. The Morgan fingerprint density at radius 1 is 1.17 bits per heavy atom. The molecule has 154 valence electrons. The van der Waals surface area contributed by atoms with Gasteiger partial charge in [-0.05, 0) is 44.9 Å². The van der Waals surface area contributed by atoms with Crippen LogP contribution in [-0.4, -0.2) is 30.9 Å². The van der Waals surface area contributed by atoms with Crippen LogP contribution in [0.3, 0.4) is 0 Å². The van der Waals surface area contributed by atoms with Crippen molar-refractivity contribution < 1.29 is 4.79 Å². The van der Waals surface area contributed by atoms with E-state index in [9.17, 15) is 4.79 Å². The molecule has 0 saturated carbocycles. The molecule has 7 heteroatoms. The van der Waals surface area contributed by atoms with Gasteiger partial charge in [0, 0.05) is 17.6 Å². The Morgan fingerprint density at radius 3 is 2.73 bits per heavy atom. The third-order valence-electron chi connectivity index (χ3n) is 5.09. The number of rotatable bonds is 6. The highest BCUT2D eigenvalue weighted by Crippen LogP contribution is 2.28. The van der Waals surface area contributed by atoms with Crippen molar-refractivity contribution in [2.75, 3.05) is 5.32 Å². The van der Waals surface area contributed by atoms with E-state index in [1.165, 1.54) is 17.3 Å². The van der Waals surface area contributed by atoms with Gasteiger partial charge < -0.3 is 9.88 Å². The first-order valence-corrected chi connectivity index (χ1v) is 11.0. The number of hydrogen-bond donors (Lipinski definition) is 1. The minimum absolute atomic E-state index is 0.0789. The molecule has 30 heavy (non-hydrogen) atoms. The molecule has 0 saturated heterocycles. The molecule has 0 fully saturated rings. The highest BCUT2D eigenvalue weighted by atomic mass is 32.2. The lowest BCUT2D eigenvalue weighted by atomic mass is 10.1. The van der Waals surface area contributed by atoms with E-state index in [-0.39, 0.29) is 11.2 Å². The van der Waals surface area contributed by atoms with Crippen LogP contribution in [0.4, 0.5) is 5.69 Å². The number of aryl methyl sites for hydroxylation is 3. The fourth-order valence-electron chi connectivity index (χ4n) is 3.59. The van der Waals surface area contributed by atoms with Crippen LogP contribution in [0.1, 0.15) is 31.4 Å². The van der Waals surface area contributed by atoms with E-state index < -0.39 is 0 Å². The Balaban J connectivity index is 1.59. The number of thioether (sulfide) groups is 1. The summed E-state index contributed by atoms with van der Waals surface area (Å²) in [7, 11) is 0. The second kappa shape index (κ2) is 8.44. The van der Waals surface area contributed by atoms with E-state index in [2.05, 4.69) is 39.1 Å². The first kappa shape index (κ1) is 20.3. The summed E-state index contributed by atoms with van der Waals surface area (Å²) >= 11 is 1.32. The van der Waals surface area contributed by atoms with Gasteiger partial charge >= 0.3 is 0 Å². The largest absolute Gasteiger partial charge is 0.325 e. The summed E-state index contributed by atoms with van der Waals surface area (Å²) in [5, 5.41) is 13.0. The Labute approximate surface area is 180 Å². The maximum Gasteiger partial charge on any atom is 0.237 e. The molecule has 0 radical (unpaired) electrons. The number of carbonyl (C=O) groups excluding carboxylic acids is 1. The molecule has 0 aliphatic rings. The Hall–Kier alpha value is -2.93. The summed E-state index contributed by atoms with van der Waals surface area (Å²) in [5.74, 6) is -0.0789. The van der Waals surface area contributed by atoms with Crippen molar-refractivity contribution in [3.8, 4) is 0 Å². The third kappa shape index (κ3) is 3.89. The summed E-state index contributed by atoms with van der Waals surface area (Å²) < 4.78 is 2.18. The molecule has 1 amide bonds. The van der Waals surface area contributed by atoms with E-state index in [1.807, 2.05) is 51.1 Å². The number of para-hydroxylation sites is 1. The highest BCUT2D eigenvalue weighted by Gasteiger charge is 2.19. The minimum atomic E-state index is -0.353. The van der Waals surface area contributed by atoms with Crippen molar-refractivity contribution in [3.05, 3.63) is 53.6 Å². The zero-order valence-corrected chi connectivity index (χ0v) is 18.5. The molecule has 0 spiro atoms. The van der Waals surface area contributed by atoms with E-state index in [4.69, 9.17) is 4.98 Å². The van der Waals surface area contributed by atoms with Gasteiger partial charge in [-0.2, -0.15) is 0 Å². The molecular formula is C23H25N5OS. The van der Waals surface area contributed by atoms with Crippen LogP contribution in [0.25, 0.3) is 22.1 Å². The molecule has 4 aromatic rings. The maximum atomic E-state index is 12.7. The van der Waals surface area contributed by atoms with Crippen molar-refractivity contribution in [1.29, 1.82) is 0 Å². The molecule has 6 nitrogen and oxygen atoms in total. The summed E-state index contributed by atoms with van der Waals surface area (Å²) in [4.78, 5) is 17.5. The van der Waals surface area contributed by atoms with Gasteiger partial charge in [0.05, 0.1) is 10.8 Å². The Morgan fingerprint density at radius 2 is 1.97 bits per heavy atom. The van der Waals surface area contributed by atoms with Crippen molar-refractivity contribution >= 4 is 45.4 Å². The van der Waals surface area contributed by atoms with Crippen LogP contribution >= 0.6 is 11.8 Å². The quantitative estimate of drug-likeness (QED) is 0.439. The van der Waals surface area contributed by atoms with Gasteiger partial charge in [0.2, 0.25) is 11.1 Å². The highest BCUT2D eigenvalue weighted by molar-refractivity contribution is 8.00. The van der Waals surface area contributed by atoms with Crippen LogP contribution in [0, 0.1) is 13.8 Å². The van der Waals surface area contributed by atoms with Crippen molar-refractivity contribution in [3.63, 3.8) is 0 Å². The zero-order valence-electron chi connectivity index (χ0n) is 17.6. The molecule has 1 atom stereocenters. The third-order valence-corrected chi connectivity index (χ3v) is 6.04. The summed E-state index contributed by atoms with van der Waals surface area (Å²) in [6.07, 6.45) is 0.995. The predicted octanol–water partition coefficient (Wildman–Crippen LogP) is 5.13. The molecule has 2 aromatic heterocycles. The van der Waals surface area contributed by atoms with Gasteiger partial charge in [-0.1, -0.05) is 54.6 Å². The topological polar surface area (TPSA) is 72.7 Å². The number of benzene rings is 2. The SMILES string of the molecule is CCCn1c2ccccc2c2nnc(SC(C)C(=O)Nc3ccc(C)cc3C)nc21. The Kier molecular flexibility index (Phi) is 5.72. The minimum Gasteiger partial charge on any atom is -0.325 e. The van der Waals surface area contributed by atoms with Crippen molar-refractivity contribution in [2.24, 2.45) is 0 Å². The summed E-state index contributed by atoms with van der Waals surface area (Å²) in [6.45, 7) is 8.89. The number of aromatic nitrogens is 4.